The number of amides is 1. The summed E-state index contributed by atoms with van der Waals surface area (Å²) in [5.41, 5.74) is -0.494. The Morgan fingerprint density at radius 1 is 1.26 bits per heavy atom. The smallest absolute Gasteiger partial charge is 0.411 e. The van der Waals surface area contributed by atoms with Crippen LogP contribution in [0.25, 0.3) is 0 Å². The zero-order valence-corrected chi connectivity index (χ0v) is 13.8. The van der Waals surface area contributed by atoms with Gasteiger partial charge in [0.2, 0.25) is 0 Å². The number of hydrogen-bond donors (Lipinski definition) is 0. The highest BCUT2D eigenvalue weighted by atomic mass is 19.3. The largest absolute Gasteiger partial charge is 0.444 e. The molecule has 126 valence electrons. The van der Waals surface area contributed by atoms with Crippen molar-refractivity contribution in [3.05, 3.63) is 61.2 Å². The lowest BCUT2D eigenvalue weighted by Crippen LogP contribution is -2.45. The summed E-state index contributed by atoms with van der Waals surface area (Å²) in [5.74, 6) is -3.32. The normalized spacial score (nSPS) is 13.1. The fourth-order valence-corrected chi connectivity index (χ4v) is 2.10. The summed E-state index contributed by atoms with van der Waals surface area (Å²) in [7, 11) is 0. The second kappa shape index (κ2) is 7.40. The Kier molecular flexibility index (Phi) is 6.07. The van der Waals surface area contributed by atoms with Crippen LogP contribution < -0.4 is 0 Å². The van der Waals surface area contributed by atoms with Crippen molar-refractivity contribution in [3.8, 4) is 0 Å². The number of rotatable bonds is 6. The van der Waals surface area contributed by atoms with Crippen molar-refractivity contribution < 1.29 is 18.3 Å². The third-order valence-corrected chi connectivity index (χ3v) is 3.02. The molecule has 3 nitrogen and oxygen atoms in total. The molecule has 0 saturated carbocycles. The van der Waals surface area contributed by atoms with E-state index in [0.29, 0.717) is 11.6 Å². The van der Waals surface area contributed by atoms with Crippen molar-refractivity contribution in [1.82, 2.24) is 4.90 Å². The summed E-state index contributed by atoms with van der Waals surface area (Å²) in [6.07, 6.45) is 1.11. The van der Waals surface area contributed by atoms with Gasteiger partial charge in [0.25, 0.3) is 5.92 Å². The van der Waals surface area contributed by atoms with Crippen molar-refractivity contribution in [2.75, 3.05) is 6.54 Å². The average Bonchev–Trinajstić information content (AvgIpc) is 2.46. The number of ether oxygens (including phenoxy) is 1. The van der Waals surface area contributed by atoms with E-state index in [1.54, 1.807) is 51.1 Å². The van der Waals surface area contributed by atoms with E-state index in [1.165, 1.54) is 6.08 Å². The highest BCUT2D eigenvalue weighted by Crippen LogP contribution is 2.38. The van der Waals surface area contributed by atoms with Crippen LogP contribution in [0.5, 0.6) is 0 Å². The topological polar surface area (TPSA) is 29.5 Å². The van der Waals surface area contributed by atoms with Gasteiger partial charge >= 0.3 is 6.09 Å². The van der Waals surface area contributed by atoms with Gasteiger partial charge < -0.3 is 4.74 Å². The lowest BCUT2D eigenvalue weighted by molar-refractivity contribution is -0.0509. The molecule has 23 heavy (non-hydrogen) atoms. The van der Waals surface area contributed by atoms with Crippen molar-refractivity contribution in [3.63, 3.8) is 0 Å². The van der Waals surface area contributed by atoms with E-state index in [2.05, 4.69) is 13.2 Å². The molecule has 0 aliphatic heterocycles. The van der Waals surface area contributed by atoms with Crippen LogP contribution in [0.4, 0.5) is 13.6 Å². The number of carbonyl (C=O) groups is 1. The molecular weight excluding hydrogens is 300 g/mol. The van der Waals surface area contributed by atoms with Gasteiger partial charge in [-0.25, -0.2) is 4.79 Å². The molecule has 0 bridgehead atoms. The molecule has 1 aromatic rings. The number of benzene rings is 1. The van der Waals surface area contributed by atoms with E-state index in [4.69, 9.17) is 4.74 Å². The SMILES string of the molecule is C=CCN(C(=O)OC(C)(C)C)C(c1ccccc1)C(F)(F)C=C. The Hall–Kier alpha value is -2.17. The molecule has 0 aromatic heterocycles. The predicted molar refractivity (Wildman–Crippen MR) is 87.5 cm³/mol. The average molecular weight is 323 g/mol. The summed E-state index contributed by atoms with van der Waals surface area (Å²) >= 11 is 0. The Balaban J connectivity index is 3.31. The monoisotopic (exact) mass is 323 g/mol. The first-order valence-corrected chi connectivity index (χ1v) is 7.29. The quantitative estimate of drug-likeness (QED) is 0.692. The molecule has 0 aliphatic carbocycles. The van der Waals surface area contributed by atoms with E-state index >= 15 is 0 Å². The van der Waals surface area contributed by atoms with Crippen LogP contribution in [0.3, 0.4) is 0 Å². The van der Waals surface area contributed by atoms with E-state index in [9.17, 15) is 13.6 Å². The molecule has 0 spiro atoms. The van der Waals surface area contributed by atoms with Gasteiger partial charge in [-0.05, 0) is 32.4 Å². The van der Waals surface area contributed by atoms with Crippen molar-refractivity contribution in [2.45, 2.75) is 38.3 Å². The maximum Gasteiger partial charge on any atom is 0.411 e. The van der Waals surface area contributed by atoms with Gasteiger partial charge in [-0.1, -0.05) is 43.0 Å². The first kappa shape index (κ1) is 18.9. The fourth-order valence-electron chi connectivity index (χ4n) is 2.10. The maximum absolute atomic E-state index is 14.5. The highest BCUT2D eigenvalue weighted by Gasteiger charge is 2.44. The van der Waals surface area contributed by atoms with Gasteiger partial charge in [0.1, 0.15) is 11.6 Å². The van der Waals surface area contributed by atoms with Gasteiger partial charge in [0.05, 0.1) is 0 Å². The van der Waals surface area contributed by atoms with Crippen LogP contribution in [0, 0.1) is 0 Å². The van der Waals surface area contributed by atoms with Crippen LogP contribution in [0.2, 0.25) is 0 Å². The van der Waals surface area contributed by atoms with E-state index < -0.39 is 23.7 Å². The lowest BCUT2D eigenvalue weighted by atomic mass is 9.98. The number of nitrogens with zero attached hydrogens (tertiary/aromatic N) is 1. The molecule has 1 rings (SSSR count). The van der Waals surface area contributed by atoms with Crippen molar-refractivity contribution >= 4 is 6.09 Å². The number of carbonyl (C=O) groups excluding carboxylic acids is 1. The summed E-state index contributed by atoms with van der Waals surface area (Å²) in [6, 6.07) is 6.57. The van der Waals surface area contributed by atoms with E-state index in [-0.39, 0.29) is 6.54 Å². The molecular formula is C18H23F2NO2. The van der Waals surface area contributed by atoms with E-state index in [0.717, 1.165) is 4.90 Å². The van der Waals surface area contributed by atoms with Crippen LogP contribution in [0.1, 0.15) is 32.4 Å². The second-order valence-electron chi connectivity index (χ2n) is 6.11. The van der Waals surface area contributed by atoms with E-state index in [1.807, 2.05) is 0 Å². The van der Waals surface area contributed by atoms with Gasteiger partial charge in [-0.3, -0.25) is 4.90 Å². The maximum atomic E-state index is 14.5. The molecule has 1 atom stereocenters. The second-order valence-corrected chi connectivity index (χ2v) is 6.11. The molecule has 0 heterocycles. The summed E-state index contributed by atoms with van der Waals surface area (Å²) in [5, 5.41) is 0. The number of alkyl halides is 2. The van der Waals surface area contributed by atoms with Crippen molar-refractivity contribution in [2.24, 2.45) is 0 Å². The molecule has 1 amide bonds. The van der Waals surface area contributed by atoms with Gasteiger partial charge in [-0.15, -0.1) is 6.58 Å². The van der Waals surface area contributed by atoms with Crippen LogP contribution in [0.15, 0.2) is 55.6 Å². The third-order valence-electron chi connectivity index (χ3n) is 3.02. The van der Waals surface area contributed by atoms with Crippen LogP contribution in [-0.2, 0) is 4.74 Å². The standard InChI is InChI=1S/C18H23F2NO2/c1-6-13-21(16(22)23-17(3,4)5)15(18(19,20)7-2)14-11-9-8-10-12-14/h6-12,15H,1-2,13H2,3-5H3. The summed E-state index contributed by atoms with van der Waals surface area (Å²) < 4.78 is 34.2. The molecule has 0 N–H and O–H groups in total. The fraction of sp³-hybridized carbons (Fsp3) is 0.389. The zero-order chi connectivity index (χ0) is 17.7. The summed E-state index contributed by atoms with van der Waals surface area (Å²) in [4.78, 5) is 13.4. The number of hydrogen-bond acceptors (Lipinski definition) is 2. The van der Waals surface area contributed by atoms with Crippen LogP contribution in [-0.4, -0.2) is 29.1 Å². The molecule has 1 aromatic carbocycles. The van der Waals surface area contributed by atoms with Gasteiger partial charge in [0.15, 0.2) is 0 Å². The zero-order valence-electron chi connectivity index (χ0n) is 13.8. The minimum absolute atomic E-state index is 0.0715. The van der Waals surface area contributed by atoms with Crippen molar-refractivity contribution in [1.29, 1.82) is 0 Å². The Bertz CT molecular complexity index is 550. The Labute approximate surface area is 136 Å². The molecule has 0 aliphatic rings. The lowest BCUT2D eigenvalue weighted by Gasteiger charge is -2.36. The number of halogens is 2. The molecule has 0 radical (unpaired) electrons. The van der Waals surface area contributed by atoms with Crippen LogP contribution >= 0.6 is 0 Å². The molecule has 1 unspecified atom stereocenters. The first-order chi connectivity index (χ1) is 10.6. The highest BCUT2D eigenvalue weighted by molar-refractivity contribution is 5.69. The Morgan fingerprint density at radius 2 is 1.83 bits per heavy atom. The summed E-state index contributed by atoms with van der Waals surface area (Å²) in [6.45, 7) is 11.7. The molecule has 0 saturated heterocycles. The molecule has 0 fully saturated rings. The predicted octanol–water partition coefficient (Wildman–Crippen LogP) is 4.97. The minimum atomic E-state index is -3.32. The molecule has 5 heteroatoms. The third kappa shape index (κ3) is 5.20. The minimum Gasteiger partial charge on any atom is -0.444 e. The Morgan fingerprint density at radius 3 is 2.26 bits per heavy atom. The van der Waals surface area contributed by atoms with Gasteiger partial charge in [-0.2, -0.15) is 8.78 Å². The van der Waals surface area contributed by atoms with Gasteiger partial charge in [0, 0.05) is 6.54 Å². The first-order valence-electron chi connectivity index (χ1n) is 7.29.